The third-order valence-electron chi connectivity index (χ3n) is 8.00. The SMILES string of the molecule is CCc1c2cn3cc4c(cc3c2nc2ccc(O)c(N3CCOCC3)c12)C(O)(CC)CCOC4C. The Kier molecular flexibility index (Phi) is 5.40. The quantitative estimate of drug-likeness (QED) is 0.442. The maximum Gasteiger partial charge on any atom is 0.139 e. The third-order valence-corrected chi connectivity index (χ3v) is 8.00. The van der Waals surface area contributed by atoms with Crippen molar-refractivity contribution in [3.8, 4) is 5.75 Å². The van der Waals surface area contributed by atoms with Crippen LogP contribution >= 0.6 is 0 Å². The number of nitrogens with zero attached hydrogens (tertiary/aromatic N) is 3. The van der Waals surface area contributed by atoms with Crippen molar-refractivity contribution in [2.75, 3.05) is 37.8 Å². The predicted octanol–water partition coefficient (Wildman–Crippen LogP) is 4.82. The van der Waals surface area contributed by atoms with Crippen LogP contribution in [-0.2, 0) is 21.5 Å². The fraction of sp³-hybridized carbons (Fsp3) is 0.464. The molecule has 35 heavy (non-hydrogen) atoms. The lowest BCUT2D eigenvalue weighted by Gasteiger charge is -2.31. The number of rotatable bonds is 3. The Bertz CT molecular complexity index is 1440. The van der Waals surface area contributed by atoms with Crippen LogP contribution < -0.4 is 4.90 Å². The largest absolute Gasteiger partial charge is 0.506 e. The van der Waals surface area contributed by atoms with Crippen molar-refractivity contribution in [1.82, 2.24) is 9.38 Å². The summed E-state index contributed by atoms with van der Waals surface area (Å²) in [5, 5.41) is 24.5. The van der Waals surface area contributed by atoms with Crippen molar-refractivity contribution in [3.63, 3.8) is 0 Å². The smallest absolute Gasteiger partial charge is 0.139 e. The number of phenols is 1. The Morgan fingerprint density at radius 3 is 2.69 bits per heavy atom. The van der Waals surface area contributed by atoms with Crippen molar-refractivity contribution in [1.29, 1.82) is 0 Å². The number of aryl methyl sites for hydroxylation is 1. The summed E-state index contributed by atoms with van der Waals surface area (Å²) < 4.78 is 13.7. The molecular weight excluding hydrogens is 442 g/mol. The Morgan fingerprint density at radius 1 is 1.14 bits per heavy atom. The zero-order valence-corrected chi connectivity index (χ0v) is 20.7. The number of phenolic OH excluding ortho intramolecular Hbond substituents is 1. The van der Waals surface area contributed by atoms with Gasteiger partial charge in [-0.2, -0.15) is 0 Å². The second-order valence-electron chi connectivity index (χ2n) is 9.85. The monoisotopic (exact) mass is 475 g/mol. The van der Waals surface area contributed by atoms with E-state index in [9.17, 15) is 10.2 Å². The summed E-state index contributed by atoms with van der Waals surface area (Å²) in [6.45, 7) is 9.55. The first kappa shape index (κ1) is 22.6. The molecule has 0 spiro atoms. The van der Waals surface area contributed by atoms with Gasteiger partial charge in [-0.1, -0.05) is 13.8 Å². The number of morpholine rings is 1. The Hall–Kier alpha value is -2.87. The molecule has 0 aliphatic carbocycles. The van der Waals surface area contributed by atoms with Crippen molar-refractivity contribution in [2.24, 2.45) is 0 Å². The molecule has 2 aliphatic rings. The summed E-state index contributed by atoms with van der Waals surface area (Å²) in [7, 11) is 0. The van der Waals surface area contributed by atoms with E-state index >= 15 is 0 Å². The number of aromatic hydroxyl groups is 1. The maximum absolute atomic E-state index is 11.5. The highest BCUT2D eigenvalue weighted by atomic mass is 16.5. The van der Waals surface area contributed by atoms with E-state index in [2.05, 4.69) is 41.6 Å². The van der Waals surface area contributed by atoms with E-state index in [1.54, 1.807) is 6.07 Å². The number of benzene rings is 1. The van der Waals surface area contributed by atoms with Gasteiger partial charge in [0.05, 0.1) is 53.8 Å². The second-order valence-corrected chi connectivity index (χ2v) is 9.85. The van der Waals surface area contributed by atoms with E-state index in [0.717, 1.165) is 63.6 Å². The lowest BCUT2D eigenvalue weighted by Crippen LogP contribution is -2.36. The van der Waals surface area contributed by atoms with Crippen LogP contribution in [0.25, 0.3) is 27.3 Å². The highest BCUT2D eigenvalue weighted by molar-refractivity contribution is 6.09. The molecule has 2 aliphatic heterocycles. The van der Waals surface area contributed by atoms with Gasteiger partial charge in [0.1, 0.15) is 5.75 Å². The number of fused-ring (bicyclic) bond motifs is 5. The minimum atomic E-state index is -0.918. The number of aromatic nitrogens is 2. The van der Waals surface area contributed by atoms with Gasteiger partial charge in [-0.25, -0.2) is 4.98 Å². The molecule has 1 saturated heterocycles. The number of hydrogen-bond donors (Lipinski definition) is 2. The standard InChI is InChI=1S/C28H33N3O4/c1-4-18-20-16-31-15-19-17(3)35-11-8-28(33,5-2)21(19)14-23(31)26(20)29-22-6-7-24(32)27(25(18)22)30-9-12-34-13-10-30/h6-7,14-17,32-33H,4-5,8-13H2,1-3H3. The zero-order valence-electron chi connectivity index (χ0n) is 20.7. The molecule has 0 radical (unpaired) electrons. The van der Waals surface area contributed by atoms with Gasteiger partial charge >= 0.3 is 0 Å². The number of ether oxygens (including phenoxy) is 2. The first-order valence-corrected chi connectivity index (χ1v) is 12.7. The van der Waals surface area contributed by atoms with Crippen molar-refractivity contribution < 1.29 is 19.7 Å². The molecule has 7 heteroatoms. The molecule has 0 amide bonds. The summed E-state index contributed by atoms with van der Waals surface area (Å²) in [5.74, 6) is 0.282. The van der Waals surface area contributed by atoms with Crippen LogP contribution in [0.15, 0.2) is 30.6 Å². The highest BCUT2D eigenvalue weighted by Crippen LogP contribution is 2.43. The van der Waals surface area contributed by atoms with Crippen LogP contribution in [0.3, 0.4) is 0 Å². The maximum atomic E-state index is 11.5. The minimum absolute atomic E-state index is 0.0944. The van der Waals surface area contributed by atoms with Gasteiger partial charge in [0.15, 0.2) is 0 Å². The van der Waals surface area contributed by atoms with Gasteiger partial charge in [-0.05, 0) is 49.1 Å². The lowest BCUT2D eigenvalue weighted by atomic mass is 9.85. The molecule has 7 nitrogen and oxygen atoms in total. The molecule has 2 unspecified atom stereocenters. The van der Waals surface area contributed by atoms with E-state index in [1.165, 1.54) is 5.56 Å². The summed E-state index contributed by atoms with van der Waals surface area (Å²) in [5.41, 5.74) is 5.86. The summed E-state index contributed by atoms with van der Waals surface area (Å²) in [6.07, 6.45) is 6.17. The second kappa shape index (κ2) is 8.36. The third kappa shape index (κ3) is 3.40. The molecule has 4 aromatic rings. The van der Waals surface area contributed by atoms with Gasteiger partial charge in [-0.3, -0.25) is 0 Å². The van der Waals surface area contributed by atoms with E-state index in [1.807, 2.05) is 13.0 Å². The van der Waals surface area contributed by atoms with Crippen LogP contribution in [0.1, 0.15) is 56.4 Å². The number of aliphatic hydroxyl groups is 1. The lowest BCUT2D eigenvalue weighted by molar-refractivity contribution is -0.00672. The summed E-state index contributed by atoms with van der Waals surface area (Å²) in [6, 6.07) is 5.79. The Balaban J connectivity index is 1.67. The van der Waals surface area contributed by atoms with E-state index < -0.39 is 5.60 Å². The van der Waals surface area contributed by atoms with Crippen LogP contribution in [0.4, 0.5) is 5.69 Å². The van der Waals surface area contributed by atoms with Crippen LogP contribution in [0, 0.1) is 0 Å². The van der Waals surface area contributed by atoms with E-state index in [0.29, 0.717) is 32.7 Å². The average molecular weight is 476 g/mol. The topological polar surface area (TPSA) is 79.5 Å². The van der Waals surface area contributed by atoms with Gasteiger partial charge in [0.25, 0.3) is 0 Å². The van der Waals surface area contributed by atoms with Crippen molar-refractivity contribution >= 4 is 33.0 Å². The number of hydrogen-bond acceptors (Lipinski definition) is 6. The Labute approximate surface area is 204 Å². The molecule has 2 N–H and O–H groups in total. The van der Waals surface area contributed by atoms with Crippen LogP contribution in [-0.4, -0.2) is 52.5 Å². The van der Waals surface area contributed by atoms with Crippen LogP contribution in [0.5, 0.6) is 5.75 Å². The molecular formula is C28H33N3O4. The van der Waals surface area contributed by atoms with Crippen molar-refractivity contribution in [2.45, 2.75) is 51.7 Å². The molecule has 2 atom stereocenters. The average Bonchev–Trinajstić information content (AvgIpc) is 3.18. The Morgan fingerprint density at radius 2 is 1.94 bits per heavy atom. The fourth-order valence-electron chi connectivity index (χ4n) is 5.97. The molecule has 0 saturated carbocycles. The first-order chi connectivity index (χ1) is 16.9. The predicted molar refractivity (Wildman–Crippen MR) is 137 cm³/mol. The van der Waals surface area contributed by atoms with Gasteiger partial charge in [0, 0.05) is 48.2 Å². The molecule has 1 aromatic carbocycles. The number of anilines is 1. The summed E-state index contributed by atoms with van der Waals surface area (Å²) >= 11 is 0. The first-order valence-electron chi connectivity index (χ1n) is 12.7. The molecule has 6 rings (SSSR count). The van der Waals surface area contributed by atoms with E-state index in [4.69, 9.17) is 14.5 Å². The normalized spacial score (nSPS) is 23.2. The number of pyridine rings is 2. The van der Waals surface area contributed by atoms with Crippen molar-refractivity contribution in [3.05, 3.63) is 47.3 Å². The molecule has 184 valence electrons. The van der Waals surface area contributed by atoms with Gasteiger partial charge in [0.2, 0.25) is 0 Å². The molecule has 3 aromatic heterocycles. The van der Waals surface area contributed by atoms with Gasteiger partial charge < -0.3 is 29.0 Å². The molecule has 5 heterocycles. The van der Waals surface area contributed by atoms with Crippen LogP contribution in [0.2, 0.25) is 0 Å². The van der Waals surface area contributed by atoms with Gasteiger partial charge in [-0.15, -0.1) is 0 Å². The highest BCUT2D eigenvalue weighted by Gasteiger charge is 2.35. The van der Waals surface area contributed by atoms with E-state index in [-0.39, 0.29) is 11.9 Å². The minimum Gasteiger partial charge on any atom is -0.506 e. The fourth-order valence-corrected chi connectivity index (χ4v) is 5.97. The zero-order chi connectivity index (χ0) is 24.3. The summed E-state index contributed by atoms with van der Waals surface area (Å²) in [4.78, 5) is 7.35. The molecule has 1 fully saturated rings. The molecule has 0 bridgehead atoms.